The maximum Gasteiger partial charge on any atom is 0.190 e. The Kier molecular flexibility index (Phi) is 3.45. The van der Waals surface area contributed by atoms with Crippen LogP contribution in [0.1, 0.15) is 33.6 Å². The molecule has 1 aliphatic carbocycles. The van der Waals surface area contributed by atoms with Crippen molar-refractivity contribution in [1.29, 1.82) is 0 Å². The first kappa shape index (κ1) is 13.2. The second-order valence-corrected chi connectivity index (χ2v) is 6.39. The van der Waals surface area contributed by atoms with E-state index in [1.165, 1.54) is 0 Å². The van der Waals surface area contributed by atoms with Gasteiger partial charge in [-0.05, 0) is 69.9 Å². The summed E-state index contributed by atoms with van der Waals surface area (Å²) in [5.74, 6) is 0.00278. The van der Waals surface area contributed by atoms with Gasteiger partial charge in [0.1, 0.15) is 0 Å². The molecule has 0 bridgehead atoms. The van der Waals surface area contributed by atoms with Gasteiger partial charge in [-0.15, -0.1) is 0 Å². The number of nitrogens with one attached hydrogen (secondary N) is 1. The Morgan fingerprint density at radius 3 is 1.68 bits per heavy atom. The molecule has 0 amide bonds. The van der Waals surface area contributed by atoms with Gasteiger partial charge < -0.3 is 5.32 Å². The minimum absolute atomic E-state index is 0.00139. The number of rotatable bonds is 0. The molecule has 1 heterocycles. The first-order chi connectivity index (χ1) is 9.09. The summed E-state index contributed by atoms with van der Waals surface area (Å²) in [6.45, 7) is 1.51. The molecule has 0 fully saturated rings. The highest BCUT2D eigenvalue weighted by Gasteiger charge is 2.32. The first-order valence-corrected chi connectivity index (χ1v) is 7.69. The van der Waals surface area contributed by atoms with E-state index in [2.05, 4.69) is 37.2 Å². The van der Waals surface area contributed by atoms with E-state index < -0.39 is 0 Å². The van der Waals surface area contributed by atoms with E-state index in [0.29, 0.717) is 35.1 Å². The van der Waals surface area contributed by atoms with Crippen molar-refractivity contribution in [3.63, 3.8) is 0 Å². The van der Waals surface area contributed by atoms with Gasteiger partial charge in [-0.25, -0.2) is 0 Å². The van der Waals surface area contributed by atoms with Crippen LogP contribution in [0.5, 0.6) is 0 Å². The lowest BCUT2D eigenvalue weighted by atomic mass is 9.82. The lowest BCUT2D eigenvalue weighted by molar-refractivity contribution is 0.0970. The molecule has 0 saturated carbocycles. The first-order valence-electron chi connectivity index (χ1n) is 6.11. The molecule has 1 N–H and O–H groups in total. The predicted molar refractivity (Wildman–Crippen MR) is 79.6 cm³/mol. The Balaban J connectivity index is 2.19. The van der Waals surface area contributed by atoms with Gasteiger partial charge in [0, 0.05) is 31.2 Å². The third-order valence-electron chi connectivity index (χ3n) is 3.57. The van der Waals surface area contributed by atoms with E-state index in [-0.39, 0.29) is 11.6 Å². The molecule has 3 nitrogen and oxygen atoms in total. The fraction of sp³-hybridized carbons (Fsp3) is 0.286. The molecule has 98 valence electrons. The quantitative estimate of drug-likeness (QED) is 0.746. The fourth-order valence-corrected chi connectivity index (χ4v) is 3.29. The van der Waals surface area contributed by atoms with Gasteiger partial charge in [-0.2, -0.15) is 0 Å². The zero-order valence-corrected chi connectivity index (χ0v) is 13.2. The monoisotopic (exact) mass is 383 g/mol. The summed E-state index contributed by atoms with van der Waals surface area (Å²) >= 11 is 6.77. The number of hydrogen-bond donors (Lipinski definition) is 1. The van der Waals surface area contributed by atoms with Crippen LogP contribution in [0.15, 0.2) is 32.2 Å². The molecular weight excluding hydrogens is 374 g/mol. The Bertz CT molecular complexity index is 582. The molecule has 0 atom stereocenters. The summed E-state index contributed by atoms with van der Waals surface area (Å²) in [6, 6.07) is 3.48. The van der Waals surface area contributed by atoms with Crippen LogP contribution in [0.3, 0.4) is 0 Å². The van der Waals surface area contributed by atoms with Crippen molar-refractivity contribution in [3.8, 4) is 0 Å². The van der Waals surface area contributed by atoms with E-state index in [9.17, 15) is 9.59 Å². The summed E-state index contributed by atoms with van der Waals surface area (Å²) in [5.41, 5.74) is 2.41. The Morgan fingerprint density at radius 1 is 0.842 bits per heavy atom. The van der Waals surface area contributed by atoms with Crippen molar-refractivity contribution in [2.75, 3.05) is 13.1 Å². The van der Waals surface area contributed by atoms with E-state index in [0.717, 1.165) is 22.0 Å². The minimum atomic E-state index is 0.00139. The molecular formula is C14H11Br2NO2. The summed E-state index contributed by atoms with van der Waals surface area (Å²) in [4.78, 5) is 25.1. The van der Waals surface area contributed by atoms with E-state index >= 15 is 0 Å². The number of fused-ring (bicyclic) bond motifs is 1. The van der Waals surface area contributed by atoms with Crippen molar-refractivity contribution in [1.82, 2.24) is 5.32 Å². The van der Waals surface area contributed by atoms with Crippen LogP contribution in [0.2, 0.25) is 0 Å². The van der Waals surface area contributed by atoms with Crippen LogP contribution in [-0.4, -0.2) is 24.7 Å². The normalized spacial score (nSPS) is 19.1. The Hall–Kier alpha value is -0.780. The molecule has 0 unspecified atom stereocenters. The second-order valence-electron chi connectivity index (χ2n) is 4.68. The summed E-state index contributed by atoms with van der Waals surface area (Å²) < 4.78 is 1.59. The number of carbonyl (C=O) groups is 2. The van der Waals surface area contributed by atoms with Crippen LogP contribution in [0.25, 0.3) is 0 Å². The summed E-state index contributed by atoms with van der Waals surface area (Å²) in [7, 11) is 0. The summed E-state index contributed by atoms with van der Waals surface area (Å²) in [6.07, 6.45) is 1.26. The summed E-state index contributed by atoms with van der Waals surface area (Å²) in [5, 5.41) is 3.23. The van der Waals surface area contributed by atoms with Gasteiger partial charge in [0.15, 0.2) is 11.6 Å². The minimum Gasteiger partial charge on any atom is -0.316 e. The van der Waals surface area contributed by atoms with Crippen LogP contribution in [0, 0.1) is 0 Å². The number of hydrogen-bond acceptors (Lipinski definition) is 3. The van der Waals surface area contributed by atoms with Gasteiger partial charge in [0.2, 0.25) is 0 Å². The standard InChI is InChI=1S/C14H11Br2NO2/c15-11-5-9-10(6-12(11)16)14(19)8-2-4-17-3-1-7(8)13(9)18/h5-6,17H,1-4H2. The molecule has 5 heteroatoms. The van der Waals surface area contributed by atoms with E-state index in [1.807, 2.05) is 0 Å². The fourth-order valence-electron chi connectivity index (χ4n) is 2.60. The number of halogens is 2. The van der Waals surface area contributed by atoms with E-state index in [4.69, 9.17) is 0 Å². The van der Waals surface area contributed by atoms with Crippen molar-refractivity contribution in [2.24, 2.45) is 0 Å². The third kappa shape index (κ3) is 2.14. The lowest BCUT2D eigenvalue weighted by Crippen LogP contribution is -2.22. The highest BCUT2D eigenvalue weighted by Crippen LogP contribution is 2.35. The van der Waals surface area contributed by atoms with Crippen molar-refractivity contribution >= 4 is 43.4 Å². The SMILES string of the molecule is O=C1C2=C(CCNCC2)C(=O)c2cc(Br)c(Br)cc21. The highest BCUT2D eigenvalue weighted by atomic mass is 79.9. The molecule has 19 heavy (non-hydrogen) atoms. The van der Waals surface area contributed by atoms with Gasteiger partial charge >= 0.3 is 0 Å². The third-order valence-corrected chi connectivity index (χ3v) is 5.41. The van der Waals surface area contributed by atoms with Crippen LogP contribution >= 0.6 is 31.9 Å². The smallest absolute Gasteiger partial charge is 0.190 e. The van der Waals surface area contributed by atoms with Gasteiger partial charge in [0.05, 0.1) is 0 Å². The van der Waals surface area contributed by atoms with Gasteiger partial charge in [-0.3, -0.25) is 9.59 Å². The molecule has 0 radical (unpaired) electrons. The molecule has 0 saturated heterocycles. The van der Waals surface area contributed by atoms with Crippen molar-refractivity contribution in [3.05, 3.63) is 43.4 Å². The molecule has 3 rings (SSSR count). The zero-order valence-electron chi connectivity index (χ0n) is 10.1. The molecule has 0 spiro atoms. The Labute approximate surface area is 127 Å². The largest absolute Gasteiger partial charge is 0.316 e. The number of ketones is 2. The topological polar surface area (TPSA) is 46.2 Å². The number of benzene rings is 1. The molecule has 1 aromatic rings. The van der Waals surface area contributed by atoms with Gasteiger partial charge in [0.25, 0.3) is 0 Å². The second kappa shape index (κ2) is 4.96. The molecule has 1 aromatic carbocycles. The van der Waals surface area contributed by atoms with Gasteiger partial charge in [-0.1, -0.05) is 0 Å². The maximum absolute atomic E-state index is 12.5. The molecule has 1 aliphatic heterocycles. The number of Topliss-reactive ketones (excluding diaryl/α,β-unsaturated/α-hetero) is 2. The number of carbonyl (C=O) groups excluding carboxylic acids is 2. The zero-order chi connectivity index (χ0) is 13.6. The average Bonchev–Trinajstić information content (AvgIpc) is 2.64. The van der Waals surface area contributed by atoms with Crippen LogP contribution in [-0.2, 0) is 0 Å². The lowest BCUT2D eigenvalue weighted by Gasteiger charge is -2.20. The van der Waals surface area contributed by atoms with Crippen LogP contribution in [0.4, 0.5) is 0 Å². The molecule has 0 aromatic heterocycles. The highest BCUT2D eigenvalue weighted by molar-refractivity contribution is 9.13. The van der Waals surface area contributed by atoms with E-state index in [1.54, 1.807) is 12.1 Å². The molecule has 2 aliphatic rings. The predicted octanol–water partition coefficient (Wildman–Crippen LogP) is 3.27. The van der Waals surface area contributed by atoms with Crippen LogP contribution < -0.4 is 5.32 Å². The van der Waals surface area contributed by atoms with Crippen molar-refractivity contribution < 1.29 is 9.59 Å². The van der Waals surface area contributed by atoms with Crippen molar-refractivity contribution in [2.45, 2.75) is 12.8 Å². The average molecular weight is 385 g/mol. The maximum atomic E-state index is 12.5. The Morgan fingerprint density at radius 2 is 1.26 bits per heavy atom.